The lowest BCUT2D eigenvalue weighted by atomic mass is 10.2. The first-order valence-electron chi connectivity index (χ1n) is 8.53. The number of benzene rings is 2. The number of amides is 1. The van der Waals surface area contributed by atoms with Crippen LogP contribution in [0.4, 0.5) is 0 Å². The van der Waals surface area contributed by atoms with Crippen molar-refractivity contribution in [1.29, 1.82) is 0 Å². The number of carbonyl (C=O) groups is 1. The van der Waals surface area contributed by atoms with E-state index >= 15 is 0 Å². The summed E-state index contributed by atoms with van der Waals surface area (Å²) < 4.78 is 0. The quantitative estimate of drug-likeness (QED) is 0.778. The van der Waals surface area contributed by atoms with Crippen LogP contribution in [0, 0.1) is 0 Å². The molecule has 1 fully saturated rings. The number of aromatic nitrogens is 1. The number of carbonyl (C=O) groups excluding carboxylic acids is 1. The smallest absolute Gasteiger partial charge is 0.270 e. The molecule has 128 valence electrons. The molecule has 25 heavy (non-hydrogen) atoms. The molecule has 0 atom stereocenters. The summed E-state index contributed by atoms with van der Waals surface area (Å²) in [6.45, 7) is 4.17. The lowest BCUT2D eigenvalue weighted by Gasteiger charge is -2.34. The second-order valence-corrected chi connectivity index (χ2v) is 6.90. The van der Waals surface area contributed by atoms with E-state index in [2.05, 4.69) is 22.0 Å². The van der Waals surface area contributed by atoms with Gasteiger partial charge in [0.05, 0.1) is 0 Å². The van der Waals surface area contributed by atoms with Crippen LogP contribution < -0.4 is 0 Å². The van der Waals surface area contributed by atoms with Crippen molar-refractivity contribution in [2.24, 2.45) is 0 Å². The number of nitrogens with one attached hydrogen (secondary N) is 1. The Hall–Kier alpha value is -2.30. The third kappa shape index (κ3) is 3.55. The Morgan fingerprint density at radius 2 is 1.72 bits per heavy atom. The first kappa shape index (κ1) is 16.2. The standard InChI is InChI=1S/C20H20ClN3O/c21-17-7-5-15(6-8-17)14-23-9-11-24(12-10-23)20(25)19-13-16-3-1-2-4-18(16)22-19/h1-8,13,22H,9-12,14H2. The van der Waals surface area contributed by atoms with Gasteiger partial charge in [0.2, 0.25) is 0 Å². The van der Waals surface area contributed by atoms with Gasteiger partial charge in [0.25, 0.3) is 5.91 Å². The summed E-state index contributed by atoms with van der Waals surface area (Å²) in [7, 11) is 0. The summed E-state index contributed by atoms with van der Waals surface area (Å²) in [5.74, 6) is 0.0855. The van der Waals surface area contributed by atoms with Gasteiger partial charge in [-0.2, -0.15) is 0 Å². The van der Waals surface area contributed by atoms with E-state index in [1.54, 1.807) is 0 Å². The monoisotopic (exact) mass is 353 g/mol. The molecule has 0 saturated carbocycles. The fourth-order valence-corrected chi connectivity index (χ4v) is 3.44. The van der Waals surface area contributed by atoms with Gasteiger partial charge in [-0.15, -0.1) is 0 Å². The molecule has 0 radical (unpaired) electrons. The molecular formula is C20H20ClN3O. The first-order chi connectivity index (χ1) is 12.2. The molecule has 3 aromatic rings. The molecule has 4 nitrogen and oxygen atoms in total. The van der Waals surface area contributed by atoms with Crippen LogP contribution in [-0.4, -0.2) is 46.9 Å². The third-order valence-electron chi connectivity index (χ3n) is 4.74. The molecule has 1 aliphatic heterocycles. The Morgan fingerprint density at radius 1 is 1.00 bits per heavy atom. The number of rotatable bonds is 3. The topological polar surface area (TPSA) is 39.3 Å². The number of fused-ring (bicyclic) bond motifs is 1. The number of H-pyrrole nitrogens is 1. The van der Waals surface area contributed by atoms with Gasteiger partial charge in [-0.1, -0.05) is 41.9 Å². The molecule has 2 aromatic carbocycles. The molecule has 1 saturated heterocycles. The van der Waals surface area contributed by atoms with Gasteiger partial charge < -0.3 is 9.88 Å². The van der Waals surface area contributed by atoms with Gasteiger partial charge in [-0.05, 0) is 29.8 Å². The number of aromatic amines is 1. The largest absolute Gasteiger partial charge is 0.351 e. The molecule has 1 aromatic heterocycles. The molecule has 1 amide bonds. The van der Waals surface area contributed by atoms with E-state index in [9.17, 15) is 4.79 Å². The zero-order valence-electron chi connectivity index (χ0n) is 13.9. The molecule has 0 bridgehead atoms. The number of piperazine rings is 1. The SMILES string of the molecule is O=C(c1cc2ccccc2[nH]1)N1CCN(Cc2ccc(Cl)cc2)CC1. The molecule has 0 spiro atoms. The van der Waals surface area contributed by atoms with Gasteiger partial charge in [0.1, 0.15) is 5.69 Å². The normalized spacial score (nSPS) is 15.6. The molecule has 5 heteroatoms. The zero-order chi connectivity index (χ0) is 17.2. The maximum atomic E-state index is 12.7. The van der Waals surface area contributed by atoms with E-state index in [1.165, 1.54) is 5.56 Å². The van der Waals surface area contributed by atoms with Crippen LogP contribution in [-0.2, 0) is 6.54 Å². The van der Waals surface area contributed by atoms with Crippen LogP contribution in [0.15, 0.2) is 54.6 Å². The summed E-state index contributed by atoms with van der Waals surface area (Å²) in [4.78, 5) is 20.3. The zero-order valence-corrected chi connectivity index (χ0v) is 14.7. The van der Waals surface area contributed by atoms with Crippen LogP contribution in [0.1, 0.15) is 16.1 Å². The van der Waals surface area contributed by atoms with Crippen LogP contribution >= 0.6 is 11.6 Å². The van der Waals surface area contributed by atoms with Crippen molar-refractivity contribution >= 4 is 28.4 Å². The molecule has 4 rings (SSSR count). The van der Waals surface area contributed by atoms with Crippen molar-refractivity contribution in [3.8, 4) is 0 Å². The minimum Gasteiger partial charge on any atom is -0.351 e. The maximum absolute atomic E-state index is 12.7. The average molecular weight is 354 g/mol. The third-order valence-corrected chi connectivity index (χ3v) is 4.99. The van der Waals surface area contributed by atoms with Gasteiger partial charge >= 0.3 is 0 Å². The Kier molecular flexibility index (Phi) is 4.47. The van der Waals surface area contributed by atoms with Gasteiger partial charge in [-0.25, -0.2) is 0 Å². The van der Waals surface area contributed by atoms with Crippen LogP contribution in [0.2, 0.25) is 5.02 Å². The Bertz CT molecular complexity index is 846. The molecule has 0 unspecified atom stereocenters. The van der Waals surface area contributed by atoms with Gasteiger partial charge in [-0.3, -0.25) is 9.69 Å². The number of hydrogen-bond donors (Lipinski definition) is 1. The predicted octanol–water partition coefficient (Wildman–Crippen LogP) is 3.78. The summed E-state index contributed by atoms with van der Waals surface area (Å²) in [5, 5.41) is 1.84. The first-order valence-corrected chi connectivity index (χ1v) is 8.91. The van der Waals surface area contributed by atoms with Crippen LogP contribution in [0.25, 0.3) is 10.9 Å². The predicted molar refractivity (Wildman–Crippen MR) is 101 cm³/mol. The molecule has 1 aliphatic rings. The number of hydrogen-bond acceptors (Lipinski definition) is 2. The van der Waals surface area contributed by atoms with Crippen molar-refractivity contribution < 1.29 is 4.79 Å². The Labute approximate surface area is 152 Å². The lowest BCUT2D eigenvalue weighted by Crippen LogP contribution is -2.48. The maximum Gasteiger partial charge on any atom is 0.270 e. The summed E-state index contributed by atoms with van der Waals surface area (Å²) in [6, 6.07) is 17.9. The van der Waals surface area contributed by atoms with Gasteiger partial charge in [0, 0.05) is 48.6 Å². The lowest BCUT2D eigenvalue weighted by molar-refractivity contribution is 0.0623. The van der Waals surface area contributed by atoms with Crippen molar-refractivity contribution in [3.05, 3.63) is 70.9 Å². The van der Waals surface area contributed by atoms with Crippen molar-refractivity contribution in [2.45, 2.75) is 6.54 Å². The minimum absolute atomic E-state index is 0.0855. The summed E-state index contributed by atoms with van der Waals surface area (Å²) >= 11 is 5.94. The minimum atomic E-state index is 0.0855. The molecule has 0 aliphatic carbocycles. The van der Waals surface area contributed by atoms with Crippen molar-refractivity contribution in [3.63, 3.8) is 0 Å². The molecule has 1 N–H and O–H groups in total. The van der Waals surface area contributed by atoms with Crippen LogP contribution in [0.5, 0.6) is 0 Å². The summed E-state index contributed by atoms with van der Waals surface area (Å²) in [5.41, 5.74) is 2.93. The second-order valence-electron chi connectivity index (χ2n) is 6.47. The number of halogens is 1. The number of nitrogens with zero attached hydrogens (tertiary/aromatic N) is 2. The van der Waals surface area contributed by atoms with Crippen molar-refractivity contribution in [2.75, 3.05) is 26.2 Å². The molecule has 2 heterocycles. The highest BCUT2D eigenvalue weighted by atomic mass is 35.5. The van der Waals surface area contributed by atoms with E-state index in [1.807, 2.05) is 47.4 Å². The van der Waals surface area contributed by atoms with E-state index in [-0.39, 0.29) is 5.91 Å². The van der Waals surface area contributed by atoms with E-state index in [0.29, 0.717) is 5.69 Å². The van der Waals surface area contributed by atoms with Crippen LogP contribution in [0.3, 0.4) is 0 Å². The number of para-hydroxylation sites is 1. The van der Waals surface area contributed by atoms with E-state index in [0.717, 1.165) is 48.6 Å². The average Bonchev–Trinajstić information content (AvgIpc) is 3.08. The molecular weight excluding hydrogens is 334 g/mol. The van der Waals surface area contributed by atoms with Crippen molar-refractivity contribution in [1.82, 2.24) is 14.8 Å². The fourth-order valence-electron chi connectivity index (χ4n) is 3.32. The highest BCUT2D eigenvalue weighted by Crippen LogP contribution is 2.18. The van der Waals surface area contributed by atoms with E-state index < -0.39 is 0 Å². The van der Waals surface area contributed by atoms with Gasteiger partial charge in [0.15, 0.2) is 0 Å². The Morgan fingerprint density at radius 3 is 2.44 bits per heavy atom. The Balaban J connectivity index is 1.37. The fraction of sp³-hybridized carbons (Fsp3) is 0.250. The van der Waals surface area contributed by atoms with E-state index in [4.69, 9.17) is 11.6 Å². The highest BCUT2D eigenvalue weighted by molar-refractivity contribution is 6.30. The second kappa shape index (κ2) is 6.90. The summed E-state index contributed by atoms with van der Waals surface area (Å²) in [6.07, 6.45) is 0. The highest BCUT2D eigenvalue weighted by Gasteiger charge is 2.23.